The van der Waals surface area contributed by atoms with Gasteiger partial charge in [-0.1, -0.05) is 30.7 Å². The molecule has 42 heavy (non-hydrogen) atoms. The molecule has 3 aromatic rings. The molecule has 2 atom stereocenters. The van der Waals surface area contributed by atoms with Crippen molar-refractivity contribution in [3.8, 4) is 11.1 Å². The van der Waals surface area contributed by atoms with E-state index in [9.17, 15) is 14.4 Å². The van der Waals surface area contributed by atoms with Gasteiger partial charge in [0.05, 0.1) is 24.8 Å². The lowest BCUT2D eigenvalue weighted by Crippen LogP contribution is -2.33. The number of hydrogen-bond donors (Lipinski definition) is 4. The zero-order chi connectivity index (χ0) is 30.1. The number of aromatic nitrogens is 2. The quantitative estimate of drug-likeness (QED) is 0.192. The Morgan fingerprint density at radius 1 is 1.21 bits per heavy atom. The summed E-state index contributed by atoms with van der Waals surface area (Å²) < 4.78 is 24.7. The van der Waals surface area contributed by atoms with E-state index in [2.05, 4.69) is 20.0 Å². The fourth-order valence-corrected chi connectivity index (χ4v) is 5.11. The van der Waals surface area contributed by atoms with Gasteiger partial charge in [-0.15, -0.1) is 0 Å². The van der Waals surface area contributed by atoms with Crippen LogP contribution in [0.15, 0.2) is 42.5 Å². The molecule has 0 radical (unpaired) electrons. The maximum absolute atomic E-state index is 15.1. The molecule has 11 nitrogen and oxygen atoms in total. The van der Waals surface area contributed by atoms with Gasteiger partial charge in [-0.25, -0.2) is 14.2 Å². The van der Waals surface area contributed by atoms with Crippen LogP contribution in [0.2, 0.25) is 0 Å². The summed E-state index contributed by atoms with van der Waals surface area (Å²) in [6.07, 6.45) is 2.01. The number of halogens is 1. The second kappa shape index (κ2) is 14.8. The lowest BCUT2D eigenvalue weighted by molar-refractivity contribution is -0.120. The lowest BCUT2D eigenvalue weighted by atomic mass is 10.0. The number of ketones is 1. The summed E-state index contributed by atoms with van der Waals surface area (Å²) in [6, 6.07) is 11.6. The number of carbonyl (C=O) groups excluding carboxylic acids is 3. The van der Waals surface area contributed by atoms with Crippen LogP contribution in [0.4, 0.5) is 20.0 Å². The number of hydrogen-bond acceptors (Lipinski definition) is 10. The molecule has 0 unspecified atom stereocenters. The highest BCUT2D eigenvalue weighted by Crippen LogP contribution is 2.29. The van der Waals surface area contributed by atoms with Gasteiger partial charge in [0.2, 0.25) is 11.0 Å². The Kier molecular flexibility index (Phi) is 10.9. The lowest BCUT2D eigenvalue weighted by Gasteiger charge is -2.15. The van der Waals surface area contributed by atoms with Crippen LogP contribution in [0.5, 0.6) is 0 Å². The molecule has 2 heterocycles. The number of nitrogens with zero attached hydrogens (tertiary/aromatic N) is 3. The average Bonchev–Trinajstić information content (AvgIpc) is 3.60. The van der Waals surface area contributed by atoms with E-state index in [-0.39, 0.29) is 24.8 Å². The van der Waals surface area contributed by atoms with Gasteiger partial charge in [-0.2, -0.15) is 4.37 Å². The number of unbranched alkanes of at least 4 members (excludes halogenated alkanes) is 1. The SMILES string of the molecule is CC(=O)NC[C@H]1CN(c2ccc(-c3ccc(CNc4nc(CCC(=O)[C@@H](N)CCCCN)ns4)cc3)c(F)c2)C(=O)O1. The Hall–Kier alpha value is -3.94. The Labute approximate surface area is 248 Å². The number of benzene rings is 2. The molecule has 4 rings (SSSR count). The topological polar surface area (TPSA) is 166 Å². The van der Waals surface area contributed by atoms with Crippen LogP contribution in [0.1, 0.15) is 44.0 Å². The zero-order valence-electron chi connectivity index (χ0n) is 23.5. The molecule has 0 saturated carbocycles. The van der Waals surface area contributed by atoms with E-state index in [1.54, 1.807) is 12.1 Å². The van der Waals surface area contributed by atoms with Gasteiger partial charge in [-0.05, 0) is 48.7 Å². The van der Waals surface area contributed by atoms with Crippen LogP contribution in [0, 0.1) is 5.82 Å². The highest BCUT2D eigenvalue weighted by Gasteiger charge is 2.32. The van der Waals surface area contributed by atoms with Crippen LogP contribution in [0.3, 0.4) is 0 Å². The van der Waals surface area contributed by atoms with Crippen LogP contribution in [-0.4, -0.2) is 58.9 Å². The molecule has 13 heteroatoms. The van der Waals surface area contributed by atoms with Gasteiger partial charge < -0.3 is 26.8 Å². The van der Waals surface area contributed by atoms with E-state index in [1.807, 2.05) is 24.3 Å². The molecular weight excluding hydrogens is 561 g/mol. The summed E-state index contributed by atoms with van der Waals surface area (Å²) in [5, 5.41) is 6.50. The fraction of sp³-hybridized carbons (Fsp3) is 0.414. The highest BCUT2D eigenvalue weighted by molar-refractivity contribution is 7.09. The first-order valence-electron chi connectivity index (χ1n) is 13.9. The first kappa shape index (κ1) is 31.0. The first-order valence-corrected chi connectivity index (χ1v) is 14.7. The number of amides is 2. The summed E-state index contributed by atoms with van der Waals surface area (Å²) in [7, 11) is 0. The normalized spacial score (nSPS) is 15.4. The van der Waals surface area contributed by atoms with Crippen molar-refractivity contribution in [3.63, 3.8) is 0 Å². The van der Waals surface area contributed by atoms with E-state index >= 15 is 4.39 Å². The third kappa shape index (κ3) is 8.54. The first-order chi connectivity index (χ1) is 20.2. The van der Waals surface area contributed by atoms with Crippen LogP contribution < -0.4 is 27.0 Å². The number of nitrogens with two attached hydrogens (primary N) is 2. The fourth-order valence-electron chi connectivity index (χ4n) is 4.50. The standard InChI is InChI=1S/C29H36FN7O4S/c1-18(38)33-16-22-17-37(29(40)41-22)21-9-10-23(24(30)14-21)20-7-5-19(6-8-20)15-34-28-35-27(36-42-28)12-11-26(39)25(32)4-2-3-13-31/h5-10,14,22,25H,2-4,11-13,15-17,31-32H2,1H3,(H,33,38)(H,34,35,36)/t22-,25-/m0/s1. The predicted octanol–water partition coefficient (Wildman–Crippen LogP) is 3.38. The maximum Gasteiger partial charge on any atom is 0.414 e. The Morgan fingerprint density at radius 3 is 2.71 bits per heavy atom. The molecule has 1 aromatic heterocycles. The van der Waals surface area contributed by atoms with Crippen molar-refractivity contribution in [2.24, 2.45) is 11.5 Å². The molecule has 6 N–H and O–H groups in total. The van der Waals surface area contributed by atoms with E-state index < -0.39 is 24.1 Å². The number of nitrogens with one attached hydrogen (secondary N) is 2. The van der Waals surface area contributed by atoms with Crippen molar-refractivity contribution in [1.82, 2.24) is 14.7 Å². The minimum atomic E-state index is -0.580. The van der Waals surface area contributed by atoms with Gasteiger partial charge in [0.25, 0.3) is 0 Å². The second-order valence-electron chi connectivity index (χ2n) is 10.1. The van der Waals surface area contributed by atoms with Gasteiger partial charge in [0, 0.05) is 43.4 Å². The van der Waals surface area contributed by atoms with Crippen LogP contribution in [-0.2, 0) is 27.3 Å². The summed E-state index contributed by atoms with van der Waals surface area (Å²) >= 11 is 1.23. The van der Waals surface area contributed by atoms with Crippen molar-refractivity contribution in [2.75, 3.05) is 29.9 Å². The van der Waals surface area contributed by atoms with Crippen molar-refractivity contribution >= 4 is 40.1 Å². The van der Waals surface area contributed by atoms with Gasteiger partial charge in [0.15, 0.2) is 0 Å². The molecule has 0 bridgehead atoms. The third-order valence-corrected chi connectivity index (χ3v) is 7.58. The van der Waals surface area contributed by atoms with Crippen molar-refractivity contribution in [1.29, 1.82) is 0 Å². The number of cyclic esters (lactones) is 1. The Bertz CT molecular complexity index is 1380. The van der Waals surface area contributed by atoms with E-state index in [0.29, 0.717) is 60.1 Å². The van der Waals surface area contributed by atoms with Gasteiger partial charge >= 0.3 is 6.09 Å². The third-order valence-electron chi connectivity index (χ3n) is 6.87. The highest BCUT2D eigenvalue weighted by atomic mass is 32.1. The molecule has 1 aliphatic heterocycles. The molecule has 0 aliphatic carbocycles. The van der Waals surface area contributed by atoms with E-state index in [0.717, 1.165) is 18.4 Å². The minimum absolute atomic E-state index is 0.00777. The Balaban J connectivity index is 1.27. The Morgan fingerprint density at radius 2 is 2.00 bits per heavy atom. The van der Waals surface area contributed by atoms with Crippen LogP contribution in [0.25, 0.3) is 11.1 Å². The van der Waals surface area contributed by atoms with Crippen molar-refractivity contribution in [2.45, 2.75) is 57.7 Å². The molecular formula is C29H36FN7O4S. The molecule has 1 aliphatic rings. The molecule has 0 spiro atoms. The van der Waals surface area contributed by atoms with Gasteiger partial charge in [-0.3, -0.25) is 14.5 Å². The number of rotatable bonds is 15. The maximum atomic E-state index is 15.1. The number of ether oxygens (including phenoxy) is 1. The summed E-state index contributed by atoms with van der Waals surface area (Å²) in [4.78, 5) is 41.4. The molecule has 224 valence electrons. The molecule has 1 saturated heterocycles. The molecule has 2 amide bonds. The summed E-state index contributed by atoms with van der Waals surface area (Å²) in [5.74, 6) is -0.0713. The number of Topliss-reactive ketones (excluding diaryl/α,β-unsaturated/α-hetero) is 1. The molecule has 2 aromatic carbocycles. The summed E-state index contributed by atoms with van der Waals surface area (Å²) in [6.45, 7) is 2.90. The smallest absolute Gasteiger partial charge is 0.414 e. The van der Waals surface area contributed by atoms with E-state index in [1.165, 1.54) is 29.4 Å². The van der Waals surface area contributed by atoms with Crippen molar-refractivity contribution < 1.29 is 23.5 Å². The largest absolute Gasteiger partial charge is 0.442 e. The monoisotopic (exact) mass is 597 g/mol. The number of anilines is 2. The summed E-state index contributed by atoms with van der Waals surface area (Å²) in [5.41, 5.74) is 13.9. The van der Waals surface area contributed by atoms with E-state index in [4.69, 9.17) is 16.2 Å². The second-order valence-corrected chi connectivity index (χ2v) is 10.9. The predicted molar refractivity (Wildman–Crippen MR) is 160 cm³/mol. The molecule has 1 fully saturated rings. The van der Waals surface area contributed by atoms with Crippen molar-refractivity contribution in [3.05, 3.63) is 59.7 Å². The minimum Gasteiger partial charge on any atom is -0.442 e. The zero-order valence-corrected chi connectivity index (χ0v) is 24.3. The van der Waals surface area contributed by atoms with Gasteiger partial charge in [0.1, 0.15) is 23.5 Å². The van der Waals surface area contributed by atoms with Crippen LogP contribution >= 0.6 is 11.5 Å². The number of carbonyl (C=O) groups is 3. The number of aryl methyl sites for hydroxylation is 1. The average molecular weight is 598 g/mol.